The first-order valence-corrected chi connectivity index (χ1v) is 13.0. The van der Waals surface area contributed by atoms with Crippen LogP contribution >= 0.6 is 7.82 Å². The second-order valence-electron chi connectivity index (χ2n) is 7.43. The average Bonchev–Trinajstić information content (AvgIpc) is 2.70. The van der Waals surface area contributed by atoms with Gasteiger partial charge in [0.15, 0.2) is 0 Å². The van der Waals surface area contributed by atoms with Gasteiger partial charge in [0.2, 0.25) is 0 Å². The number of hydrogen-bond acceptors (Lipinski definition) is 5. The van der Waals surface area contributed by atoms with Gasteiger partial charge in [-0.15, -0.1) is 0 Å². The van der Waals surface area contributed by atoms with Crippen LogP contribution in [0.4, 0.5) is 0 Å². The van der Waals surface area contributed by atoms with Crippen molar-refractivity contribution < 1.29 is 28.4 Å². The second kappa shape index (κ2) is 20.7. The SMILES string of the molecule is CCCCC/C=C\C/C=C\C/C=C\CCCCC(=O)OCCC(CCN)OP(=O)(O)O. The maximum Gasteiger partial charge on any atom is 0.469 e. The van der Waals surface area contributed by atoms with Gasteiger partial charge in [-0.25, -0.2) is 4.57 Å². The molecule has 0 aliphatic heterocycles. The first-order valence-electron chi connectivity index (χ1n) is 11.4. The molecular weight excluding hydrogens is 417 g/mol. The minimum atomic E-state index is -4.57. The summed E-state index contributed by atoms with van der Waals surface area (Å²) < 4.78 is 20.6. The Morgan fingerprint density at radius 1 is 0.935 bits per heavy atom. The van der Waals surface area contributed by atoms with Gasteiger partial charge in [-0.05, 0) is 57.9 Å². The fourth-order valence-corrected chi connectivity index (χ4v) is 3.43. The van der Waals surface area contributed by atoms with E-state index in [1.165, 1.54) is 25.7 Å². The third kappa shape index (κ3) is 23.3. The zero-order chi connectivity index (χ0) is 23.2. The molecule has 0 aliphatic rings. The van der Waals surface area contributed by atoms with E-state index in [-0.39, 0.29) is 25.5 Å². The molecule has 0 heterocycles. The Kier molecular flexibility index (Phi) is 19.8. The fourth-order valence-electron chi connectivity index (χ4n) is 2.83. The standard InChI is InChI=1S/C23H42NO6P/c1-2-3-4-5-6-7-8-9-10-11-12-13-14-15-16-17-23(25)29-21-19-22(18-20-24)30-31(26,27)28/h6-7,9-10,12-13,22H,2-5,8,11,14-21,24H2,1H3,(H2,26,27,28)/b7-6-,10-9-,13-12-. The van der Waals surface area contributed by atoms with E-state index in [0.29, 0.717) is 12.8 Å². The molecular formula is C23H42NO6P. The van der Waals surface area contributed by atoms with E-state index in [2.05, 4.69) is 47.9 Å². The molecule has 8 heteroatoms. The van der Waals surface area contributed by atoms with Crippen molar-refractivity contribution in [2.75, 3.05) is 13.2 Å². The van der Waals surface area contributed by atoms with E-state index < -0.39 is 13.9 Å². The van der Waals surface area contributed by atoms with Crippen LogP contribution in [0.3, 0.4) is 0 Å². The Morgan fingerprint density at radius 2 is 1.52 bits per heavy atom. The van der Waals surface area contributed by atoms with E-state index in [1.54, 1.807) is 0 Å². The Morgan fingerprint density at radius 3 is 2.06 bits per heavy atom. The molecule has 0 saturated carbocycles. The van der Waals surface area contributed by atoms with Crippen LogP contribution in [-0.2, 0) is 18.6 Å². The normalized spacial score (nSPS) is 13.5. The predicted molar refractivity (Wildman–Crippen MR) is 125 cm³/mol. The van der Waals surface area contributed by atoms with Gasteiger partial charge in [0, 0.05) is 12.8 Å². The molecule has 1 atom stereocenters. The quantitative estimate of drug-likeness (QED) is 0.0973. The average molecular weight is 460 g/mol. The number of esters is 1. The smallest absolute Gasteiger partial charge is 0.466 e. The van der Waals surface area contributed by atoms with E-state index in [9.17, 15) is 9.36 Å². The van der Waals surface area contributed by atoms with E-state index in [4.69, 9.17) is 20.3 Å². The summed E-state index contributed by atoms with van der Waals surface area (Å²) >= 11 is 0. The van der Waals surface area contributed by atoms with Gasteiger partial charge < -0.3 is 20.3 Å². The maximum absolute atomic E-state index is 11.7. The Labute approximate surface area is 188 Å². The molecule has 0 bridgehead atoms. The number of carbonyl (C=O) groups excluding carboxylic acids is 1. The Bertz CT molecular complexity index is 570. The summed E-state index contributed by atoms with van der Waals surface area (Å²) in [6, 6.07) is 0. The van der Waals surface area contributed by atoms with E-state index >= 15 is 0 Å². The number of nitrogens with two attached hydrogens (primary N) is 1. The minimum absolute atomic E-state index is 0.0592. The van der Waals surface area contributed by atoms with Crippen LogP contribution in [0.1, 0.15) is 84.0 Å². The Hall–Kier alpha value is -1.24. The third-order valence-corrected chi connectivity index (χ3v) is 5.07. The monoisotopic (exact) mass is 459 g/mol. The number of carbonyl (C=O) groups is 1. The molecule has 4 N–H and O–H groups in total. The lowest BCUT2D eigenvalue weighted by molar-refractivity contribution is -0.144. The number of phosphoric acid groups is 1. The van der Waals surface area contributed by atoms with Crippen LogP contribution < -0.4 is 5.73 Å². The van der Waals surface area contributed by atoms with Crippen molar-refractivity contribution >= 4 is 13.8 Å². The zero-order valence-electron chi connectivity index (χ0n) is 19.0. The van der Waals surface area contributed by atoms with E-state index in [0.717, 1.165) is 32.1 Å². The van der Waals surface area contributed by atoms with Crippen LogP contribution in [0.5, 0.6) is 0 Å². The molecule has 0 saturated heterocycles. The summed E-state index contributed by atoms with van der Waals surface area (Å²) in [5.74, 6) is -0.308. The summed E-state index contributed by atoms with van der Waals surface area (Å²) in [7, 11) is -4.57. The van der Waals surface area contributed by atoms with Crippen molar-refractivity contribution in [3.8, 4) is 0 Å². The van der Waals surface area contributed by atoms with Crippen molar-refractivity contribution in [2.24, 2.45) is 5.73 Å². The molecule has 0 aromatic rings. The lowest BCUT2D eigenvalue weighted by Gasteiger charge is -2.17. The van der Waals surface area contributed by atoms with Crippen LogP contribution in [-0.4, -0.2) is 35.0 Å². The molecule has 0 aliphatic carbocycles. The van der Waals surface area contributed by atoms with Crippen molar-refractivity contribution in [3.05, 3.63) is 36.5 Å². The van der Waals surface area contributed by atoms with Crippen molar-refractivity contribution in [2.45, 2.75) is 90.1 Å². The second-order valence-corrected chi connectivity index (χ2v) is 8.62. The third-order valence-electron chi connectivity index (χ3n) is 4.50. The molecule has 31 heavy (non-hydrogen) atoms. The van der Waals surface area contributed by atoms with Crippen molar-refractivity contribution in [1.29, 1.82) is 0 Å². The number of ether oxygens (including phenoxy) is 1. The number of unbranched alkanes of at least 4 members (excludes halogenated alkanes) is 5. The van der Waals surface area contributed by atoms with Gasteiger partial charge in [0.25, 0.3) is 0 Å². The van der Waals surface area contributed by atoms with Crippen molar-refractivity contribution in [3.63, 3.8) is 0 Å². The molecule has 0 radical (unpaired) electrons. The van der Waals surface area contributed by atoms with E-state index in [1.807, 2.05) is 0 Å². The number of hydrogen-bond donors (Lipinski definition) is 3. The highest BCUT2D eigenvalue weighted by Gasteiger charge is 2.21. The first-order chi connectivity index (χ1) is 14.9. The highest BCUT2D eigenvalue weighted by atomic mass is 31.2. The molecule has 0 aromatic carbocycles. The summed E-state index contributed by atoms with van der Waals surface area (Å²) in [6.45, 7) is 2.51. The van der Waals surface area contributed by atoms with Gasteiger partial charge in [0.05, 0.1) is 12.7 Å². The molecule has 1 unspecified atom stereocenters. The molecule has 0 spiro atoms. The molecule has 7 nitrogen and oxygen atoms in total. The van der Waals surface area contributed by atoms with Gasteiger partial charge in [-0.1, -0.05) is 56.2 Å². The van der Waals surface area contributed by atoms with Gasteiger partial charge in [-0.3, -0.25) is 9.32 Å². The highest BCUT2D eigenvalue weighted by Crippen LogP contribution is 2.38. The molecule has 180 valence electrons. The predicted octanol–water partition coefficient (Wildman–Crippen LogP) is 5.34. The van der Waals surface area contributed by atoms with Crippen LogP contribution in [0.25, 0.3) is 0 Å². The molecule has 0 amide bonds. The van der Waals surface area contributed by atoms with Crippen molar-refractivity contribution in [1.82, 2.24) is 0 Å². The largest absolute Gasteiger partial charge is 0.469 e. The number of rotatable bonds is 20. The summed E-state index contributed by atoms with van der Waals surface area (Å²) in [4.78, 5) is 29.4. The number of allylic oxidation sites excluding steroid dienone is 6. The van der Waals surface area contributed by atoms with Crippen LogP contribution in [0.2, 0.25) is 0 Å². The summed E-state index contributed by atoms with van der Waals surface area (Å²) in [5, 5.41) is 0. The summed E-state index contributed by atoms with van der Waals surface area (Å²) in [5.41, 5.74) is 5.40. The minimum Gasteiger partial charge on any atom is -0.466 e. The lowest BCUT2D eigenvalue weighted by atomic mass is 10.1. The first kappa shape index (κ1) is 29.8. The van der Waals surface area contributed by atoms with Gasteiger partial charge in [0.1, 0.15) is 0 Å². The summed E-state index contributed by atoms with van der Waals surface area (Å²) in [6.07, 6.45) is 22.7. The topological polar surface area (TPSA) is 119 Å². The number of phosphoric ester groups is 1. The lowest BCUT2D eigenvalue weighted by Crippen LogP contribution is -2.20. The Balaban J connectivity index is 3.67. The van der Waals surface area contributed by atoms with Gasteiger partial charge in [-0.2, -0.15) is 0 Å². The zero-order valence-corrected chi connectivity index (χ0v) is 19.9. The fraction of sp³-hybridized carbons (Fsp3) is 0.696. The van der Waals surface area contributed by atoms with Gasteiger partial charge >= 0.3 is 13.8 Å². The maximum atomic E-state index is 11.7. The molecule has 0 aromatic heterocycles. The molecule has 0 rings (SSSR count). The molecule has 0 fully saturated rings. The van der Waals surface area contributed by atoms with Crippen LogP contribution in [0, 0.1) is 0 Å². The highest BCUT2D eigenvalue weighted by molar-refractivity contribution is 7.46. The van der Waals surface area contributed by atoms with Crippen LogP contribution in [0.15, 0.2) is 36.5 Å².